The number of nitrogens with one attached hydrogen (secondary N) is 1. The minimum absolute atomic E-state index is 0.0580. The highest BCUT2D eigenvalue weighted by atomic mass is 16.5. The Morgan fingerprint density at radius 2 is 2.15 bits per heavy atom. The number of aromatic amines is 1. The van der Waals surface area contributed by atoms with Crippen LogP contribution >= 0.6 is 0 Å². The molecule has 2 saturated heterocycles. The van der Waals surface area contributed by atoms with Gasteiger partial charge < -0.3 is 19.5 Å². The maximum absolute atomic E-state index is 12.7. The number of aliphatic hydroxyl groups is 1. The molecule has 0 unspecified atom stereocenters. The van der Waals surface area contributed by atoms with Crippen LogP contribution in [0.2, 0.25) is 0 Å². The standard InChI is InChI=1S/C20H28N4O3/c1-15-10-18(27-22-15)13-23-7-3-20(4-8-23)5-9-24(12-17(20)14-25)19(26)16-2-6-21-11-16/h2,6,10-11,17,21,25H,3-5,7-9,12-14H2,1H3/t17-/m1/s1. The van der Waals surface area contributed by atoms with Gasteiger partial charge in [0.05, 0.1) is 17.8 Å². The molecule has 7 heteroatoms. The zero-order valence-corrected chi connectivity index (χ0v) is 15.9. The third-order valence-electron chi connectivity index (χ3n) is 6.45. The van der Waals surface area contributed by atoms with Crippen molar-refractivity contribution in [2.45, 2.75) is 32.7 Å². The Bertz CT molecular complexity index is 762. The van der Waals surface area contributed by atoms with Gasteiger partial charge in [0.25, 0.3) is 5.91 Å². The number of hydrogen-bond donors (Lipinski definition) is 2. The van der Waals surface area contributed by atoms with Crippen LogP contribution in [0.5, 0.6) is 0 Å². The van der Waals surface area contributed by atoms with Crippen molar-refractivity contribution in [3.05, 3.63) is 41.5 Å². The van der Waals surface area contributed by atoms with E-state index in [1.54, 1.807) is 12.4 Å². The average molecular weight is 372 g/mol. The van der Waals surface area contributed by atoms with E-state index in [1.165, 1.54) is 0 Å². The first-order chi connectivity index (χ1) is 13.1. The van der Waals surface area contributed by atoms with Crippen LogP contribution in [0.1, 0.15) is 41.1 Å². The number of aliphatic hydroxyl groups excluding tert-OH is 1. The van der Waals surface area contributed by atoms with Crippen molar-refractivity contribution in [1.29, 1.82) is 0 Å². The lowest BCUT2D eigenvalue weighted by molar-refractivity contribution is -0.0375. The number of nitrogens with zero attached hydrogens (tertiary/aromatic N) is 3. The van der Waals surface area contributed by atoms with Gasteiger partial charge in [-0.3, -0.25) is 9.69 Å². The van der Waals surface area contributed by atoms with Crippen molar-refractivity contribution in [2.75, 3.05) is 32.8 Å². The molecule has 2 aliphatic heterocycles. The topological polar surface area (TPSA) is 85.6 Å². The number of likely N-dealkylation sites (tertiary alicyclic amines) is 2. The first-order valence-electron chi connectivity index (χ1n) is 9.77. The molecular formula is C20H28N4O3. The van der Waals surface area contributed by atoms with Crippen LogP contribution in [-0.2, 0) is 6.54 Å². The second-order valence-electron chi connectivity index (χ2n) is 8.05. The molecule has 1 spiro atoms. The molecule has 1 amide bonds. The van der Waals surface area contributed by atoms with E-state index in [1.807, 2.05) is 24.0 Å². The van der Waals surface area contributed by atoms with Crippen molar-refractivity contribution in [3.63, 3.8) is 0 Å². The first kappa shape index (κ1) is 18.3. The number of rotatable bonds is 4. The van der Waals surface area contributed by atoms with Gasteiger partial charge in [0.1, 0.15) is 0 Å². The summed E-state index contributed by atoms with van der Waals surface area (Å²) < 4.78 is 5.34. The van der Waals surface area contributed by atoms with E-state index in [-0.39, 0.29) is 23.8 Å². The average Bonchev–Trinajstić information content (AvgIpc) is 3.35. The normalized spacial score (nSPS) is 23.0. The molecular weight excluding hydrogens is 344 g/mol. The molecule has 2 aliphatic rings. The fourth-order valence-electron chi connectivity index (χ4n) is 4.71. The maximum atomic E-state index is 12.7. The highest BCUT2D eigenvalue weighted by Gasteiger charge is 2.45. The maximum Gasteiger partial charge on any atom is 0.255 e. The molecule has 0 aromatic carbocycles. The number of aryl methyl sites for hydroxylation is 1. The zero-order chi connectivity index (χ0) is 18.9. The van der Waals surface area contributed by atoms with E-state index in [0.29, 0.717) is 12.1 Å². The molecule has 4 rings (SSSR count). The van der Waals surface area contributed by atoms with Crippen LogP contribution in [0.15, 0.2) is 29.0 Å². The number of carbonyl (C=O) groups is 1. The first-order valence-corrected chi connectivity index (χ1v) is 9.77. The Morgan fingerprint density at radius 1 is 1.37 bits per heavy atom. The Hall–Kier alpha value is -2.12. The number of hydrogen-bond acceptors (Lipinski definition) is 5. The van der Waals surface area contributed by atoms with Gasteiger partial charge in [0.2, 0.25) is 0 Å². The highest BCUT2D eigenvalue weighted by Crippen LogP contribution is 2.45. The van der Waals surface area contributed by atoms with Gasteiger partial charge in [-0.15, -0.1) is 0 Å². The van der Waals surface area contributed by atoms with Crippen molar-refractivity contribution in [1.82, 2.24) is 19.9 Å². The molecule has 2 aromatic rings. The van der Waals surface area contributed by atoms with Gasteiger partial charge in [0, 0.05) is 44.1 Å². The summed E-state index contributed by atoms with van der Waals surface area (Å²) in [6.45, 7) is 6.25. The third-order valence-corrected chi connectivity index (χ3v) is 6.45. The number of piperidine rings is 2. The Morgan fingerprint density at radius 3 is 2.78 bits per heavy atom. The van der Waals surface area contributed by atoms with Crippen molar-refractivity contribution >= 4 is 5.91 Å². The van der Waals surface area contributed by atoms with Crippen LogP contribution in [-0.4, -0.2) is 63.7 Å². The molecule has 7 nitrogen and oxygen atoms in total. The Labute approximate surface area is 159 Å². The van der Waals surface area contributed by atoms with E-state index in [4.69, 9.17) is 4.52 Å². The predicted octanol–water partition coefficient (Wildman–Crippen LogP) is 2.05. The molecule has 0 aliphatic carbocycles. The molecule has 0 saturated carbocycles. The van der Waals surface area contributed by atoms with Crippen LogP contribution in [0.4, 0.5) is 0 Å². The number of carbonyl (C=O) groups excluding carboxylic acids is 1. The largest absolute Gasteiger partial charge is 0.396 e. The minimum atomic E-state index is 0.0580. The molecule has 2 fully saturated rings. The minimum Gasteiger partial charge on any atom is -0.396 e. The molecule has 4 heterocycles. The lowest BCUT2D eigenvalue weighted by atomic mass is 9.64. The monoisotopic (exact) mass is 372 g/mol. The second-order valence-corrected chi connectivity index (χ2v) is 8.05. The zero-order valence-electron chi connectivity index (χ0n) is 15.9. The summed E-state index contributed by atoms with van der Waals surface area (Å²) in [5.41, 5.74) is 1.75. The van der Waals surface area contributed by atoms with Gasteiger partial charge in [0.15, 0.2) is 5.76 Å². The quantitative estimate of drug-likeness (QED) is 0.858. The third kappa shape index (κ3) is 3.66. The van der Waals surface area contributed by atoms with Crippen molar-refractivity contribution in [3.8, 4) is 0 Å². The molecule has 1 atom stereocenters. The van der Waals surface area contributed by atoms with Crippen LogP contribution in [0.25, 0.3) is 0 Å². The van der Waals surface area contributed by atoms with Crippen molar-refractivity contribution < 1.29 is 14.4 Å². The van der Waals surface area contributed by atoms with E-state index in [2.05, 4.69) is 15.0 Å². The van der Waals surface area contributed by atoms with E-state index < -0.39 is 0 Å². The highest BCUT2D eigenvalue weighted by molar-refractivity contribution is 5.94. The van der Waals surface area contributed by atoms with Gasteiger partial charge in [-0.2, -0.15) is 0 Å². The summed E-state index contributed by atoms with van der Waals surface area (Å²) in [4.78, 5) is 19.9. The smallest absolute Gasteiger partial charge is 0.255 e. The SMILES string of the molecule is Cc1cc(CN2CCC3(CC2)CCN(C(=O)c2cc[nH]c2)C[C@@H]3CO)on1. The summed E-state index contributed by atoms with van der Waals surface area (Å²) in [5, 5.41) is 14.0. The number of aromatic nitrogens is 2. The van der Waals surface area contributed by atoms with Crippen LogP contribution in [0.3, 0.4) is 0 Å². The van der Waals surface area contributed by atoms with E-state index >= 15 is 0 Å². The fourth-order valence-corrected chi connectivity index (χ4v) is 4.71. The molecule has 2 aromatic heterocycles. The summed E-state index contributed by atoms with van der Waals surface area (Å²) >= 11 is 0. The predicted molar refractivity (Wildman–Crippen MR) is 100 cm³/mol. The van der Waals surface area contributed by atoms with Gasteiger partial charge in [-0.25, -0.2) is 0 Å². The lowest BCUT2D eigenvalue weighted by Gasteiger charge is -2.51. The summed E-state index contributed by atoms with van der Waals surface area (Å²) in [6, 6.07) is 3.80. The summed E-state index contributed by atoms with van der Waals surface area (Å²) in [6.07, 6.45) is 6.58. The van der Waals surface area contributed by atoms with Gasteiger partial charge >= 0.3 is 0 Å². The van der Waals surface area contributed by atoms with Gasteiger partial charge in [-0.1, -0.05) is 5.16 Å². The van der Waals surface area contributed by atoms with Gasteiger partial charge in [-0.05, 0) is 50.8 Å². The Balaban J connectivity index is 1.37. The lowest BCUT2D eigenvalue weighted by Crippen LogP contribution is -2.54. The molecule has 0 bridgehead atoms. The fraction of sp³-hybridized carbons (Fsp3) is 0.600. The van der Waals surface area contributed by atoms with E-state index in [9.17, 15) is 9.90 Å². The summed E-state index contributed by atoms with van der Waals surface area (Å²) in [5.74, 6) is 1.11. The molecule has 0 radical (unpaired) electrons. The molecule has 2 N–H and O–H groups in total. The second kappa shape index (κ2) is 7.48. The molecule has 27 heavy (non-hydrogen) atoms. The molecule has 146 valence electrons. The Kier molecular flexibility index (Phi) is 5.06. The van der Waals surface area contributed by atoms with E-state index in [0.717, 1.165) is 56.9 Å². The van der Waals surface area contributed by atoms with Crippen LogP contribution in [0, 0.1) is 18.3 Å². The van der Waals surface area contributed by atoms with Crippen LogP contribution < -0.4 is 0 Å². The number of amides is 1. The van der Waals surface area contributed by atoms with Crippen molar-refractivity contribution in [2.24, 2.45) is 11.3 Å². The number of H-pyrrole nitrogens is 1. The summed E-state index contributed by atoms with van der Waals surface area (Å²) in [7, 11) is 0.